The van der Waals surface area contributed by atoms with Gasteiger partial charge in [0.2, 0.25) is 0 Å². The molecule has 2 rings (SSSR count). The molecule has 0 radical (unpaired) electrons. The Labute approximate surface area is 116 Å². The Bertz CT molecular complexity index is 527. The first-order valence-corrected chi connectivity index (χ1v) is 7.03. The summed E-state index contributed by atoms with van der Waals surface area (Å²) < 4.78 is 0. The quantitative estimate of drug-likeness (QED) is 0.780. The Kier molecular flexibility index (Phi) is 4.26. The summed E-state index contributed by atoms with van der Waals surface area (Å²) >= 11 is 0. The molecule has 0 spiro atoms. The van der Waals surface area contributed by atoms with Crippen LogP contribution < -0.4 is 5.32 Å². The summed E-state index contributed by atoms with van der Waals surface area (Å²) in [5.74, 6) is 0.538. The lowest BCUT2D eigenvalue weighted by Gasteiger charge is -2.16. The SMILES string of the molecule is CC(C)Nc1cc(-c2ccccc2)cc(C(C)C)c1. The van der Waals surface area contributed by atoms with E-state index < -0.39 is 0 Å². The van der Waals surface area contributed by atoms with Crippen molar-refractivity contribution in [3.05, 3.63) is 54.1 Å². The fourth-order valence-electron chi connectivity index (χ4n) is 2.20. The third-order valence-electron chi connectivity index (χ3n) is 3.18. The lowest BCUT2D eigenvalue weighted by Crippen LogP contribution is -2.10. The molecule has 0 fully saturated rings. The van der Waals surface area contributed by atoms with Crippen molar-refractivity contribution in [2.75, 3.05) is 5.32 Å². The van der Waals surface area contributed by atoms with Crippen molar-refractivity contribution in [1.82, 2.24) is 0 Å². The van der Waals surface area contributed by atoms with Gasteiger partial charge >= 0.3 is 0 Å². The van der Waals surface area contributed by atoms with Crippen molar-refractivity contribution in [2.24, 2.45) is 0 Å². The number of benzene rings is 2. The predicted molar refractivity (Wildman–Crippen MR) is 84.7 cm³/mol. The van der Waals surface area contributed by atoms with Crippen LogP contribution in [0.1, 0.15) is 39.2 Å². The molecule has 1 heteroatoms. The summed E-state index contributed by atoms with van der Waals surface area (Å²) in [7, 11) is 0. The molecule has 0 aromatic heterocycles. The third kappa shape index (κ3) is 3.60. The molecule has 100 valence electrons. The van der Waals surface area contributed by atoms with E-state index in [0.717, 1.165) is 0 Å². The second-order valence-electron chi connectivity index (χ2n) is 5.66. The molecule has 0 saturated heterocycles. The van der Waals surface area contributed by atoms with Gasteiger partial charge in [0.25, 0.3) is 0 Å². The third-order valence-corrected chi connectivity index (χ3v) is 3.18. The first-order chi connectivity index (χ1) is 9.06. The summed E-state index contributed by atoms with van der Waals surface area (Å²) in [5.41, 5.74) is 5.15. The summed E-state index contributed by atoms with van der Waals surface area (Å²) in [6.45, 7) is 8.82. The summed E-state index contributed by atoms with van der Waals surface area (Å²) in [6.07, 6.45) is 0. The normalized spacial score (nSPS) is 11.1. The van der Waals surface area contributed by atoms with Crippen LogP contribution in [0.4, 0.5) is 5.69 Å². The molecule has 0 saturated carbocycles. The molecule has 0 amide bonds. The molecular weight excluding hydrogens is 230 g/mol. The van der Waals surface area contributed by atoms with E-state index in [9.17, 15) is 0 Å². The molecule has 1 N–H and O–H groups in total. The highest BCUT2D eigenvalue weighted by atomic mass is 14.9. The molecule has 0 atom stereocenters. The van der Waals surface area contributed by atoms with Crippen LogP contribution in [-0.4, -0.2) is 6.04 Å². The van der Waals surface area contributed by atoms with Crippen LogP contribution in [0, 0.1) is 0 Å². The highest BCUT2D eigenvalue weighted by Gasteiger charge is 2.06. The zero-order valence-corrected chi connectivity index (χ0v) is 12.3. The molecule has 2 aromatic rings. The van der Waals surface area contributed by atoms with Crippen molar-refractivity contribution < 1.29 is 0 Å². The molecule has 19 heavy (non-hydrogen) atoms. The Balaban J connectivity index is 2.45. The van der Waals surface area contributed by atoms with Gasteiger partial charge in [-0.05, 0) is 48.6 Å². The molecule has 1 nitrogen and oxygen atoms in total. The highest BCUT2D eigenvalue weighted by molar-refractivity contribution is 5.69. The standard InChI is InChI=1S/C18H23N/c1-13(2)16-10-17(15-8-6-5-7-9-15)12-18(11-16)19-14(3)4/h5-14,19H,1-4H3. The lowest BCUT2D eigenvalue weighted by molar-refractivity contribution is 0.862. The Morgan fingerprint density at radius 2 is 1.47 bits per heavy atom. The van der Waals surface area contributed by atoms with Crippen LogP contribution in [0.3, 0.4) is 0 Å². The van der Waals surface area contributed by atoms with Gasteiger partial charge in [-0.2, -0.15) is 0 Å². The number of hydrogen-bond acceptors (Lipinski definition) is 1. The summed E-state index contributed by atoms with van der Waals surface area (Å²) in [4.78, 5) is 0. The smallest absolute Gasteiger partial charge is 0.0351 e. The predicted octanol–water partition coefficient (Wildman–Crippen LogP) is 5.30. The molecule has 0 heterocycles. The van der Waals surface area contributed by atoms with Gasteiger partial charge in [0, 0.05) is 11.7 Å². The number of anilines is 1. The van der Waals surface area contributed by atoms with Crippen LogP contribution >= 0.6 is 0 Å². The molecule has 0 aliphatic carbocycles. The largest absolute Gasteiger partial charge is 0.383 e. The van der Waals surface area contributed by atoms with Gasteiger partial charge in [-0.25, -0.2) is 0 Å². The molecule has 0 unspecified atom stereocenters. The minimum Gasteiger partial charge on any atom is -0.383 e. The number of nitrogens with one attached hydrogen (secondary N) is 1. The Morgan fingerprint density at radius 3 is 2.05 bits per heavy atom. The molecule has 0 aliphatic rings. The van der Waals surface area contributed by atoms with Crippen molar-refractivity contribution >= 4 is 5.69 Å². The summed E-state index contributed by atoms with van der Waals surface area (Å²) in [6, 6.07) is 17.8. The van der Waals surface area contributed by atoms with E-state index in [-0.39, 0.29) is 0 Å². The summed E-state index contributed by atoms with van der Waals surface area (Å²) in [5, 5.41) is 3.51. The number of hydrogen-bond donors (Lipinski definition) is 1. The second kappa shape index (κ2) is 5.92. The number of rotatable bonds is 4. The maximum atomic E-state index is 3.51. The van der Waals surface area contributed by atoms with Crippen molar-refractivity contribution in [3.8, 4) is 11.1 Å². The average Bonchev–Trinajstić information content (AvgIpc) is 2.38. The van der Waals surface area contributed by atoms with E-state index in [1.807, 2.05) is 0 Å². The van der Waals surface area contributed by atoms with Crippen molar-refractivity contribution in [1.29, 1.82) is 0 Å². The zero-order valence-electron chi connectivity index (χ0n) is 12.3. The topological polar surface area (TPSA) is 12.0 Å². The van der Waals surface area contributed by atoms with Gasteiger partial charge < -0.3 is 5.32 Å². The minimum absolute atomic E-state index is 0.450. The van der Waals surface area contributed by atoms with Crippen LogP contribution in [0.15, 0.2) is 48.5 Å². The van der Waals surface area contributed by atoms with Gasteiger partial charge in [-0.15, -0.1) is 0 Å². The van der Waals surface area contributed by atoms with Crippen LogP contribution in [0.5, 0.6) is 0 Å². The Hall–Kier alpha value is -1.76. The molecule has 2 aromatic carbocycles. The molecule has 0 bridgehead atoms. The minimum atomic E-state index is 0.450. The first kappa shape index (κ1) is 13.7. The van der Waals surface area contributed by atoms with Gasteiger partial charge in [-0.1, -0.05) is 50.2 Å². The maximum Gasteiger partial charge on any atom is 0.0351 e. The molecule has 0 aliphatic heterocycles. The van der Waals surface area contributed by atoms with E-state index in [2.05, 4.69) is 81.5 Å². The van der Waals surface area contributed by atoms with Gasteiger partial charge in [0.05, 0.1) is 0 Å². The van der Waals surface area contributed by atoms with Gasteiger partial charge in [-0.3, -0.25) is 0 Å². The van der Waals surface area contributed by atoms with Crippen LogP contribution in [0.2, 0.25) is 0 Å². The monoisotopic (exact) mass is 253 g/mol. The van der Waals surface area contributed by atoms with E-state index >= 15 is 0 Å². The van der Waals surface area contributed by atoms with Gasteiger partial charge in [0.1, 0.15) is 0 Å². The second-order valence-corrected chi connectivity index (χ2v) is 5.66. The average molecular weight is 253 g/mol. The zero-order chi connectivity index (χ0) is 13.8. The van der Waals surface area contributed by atoms with E-state index in [1.54, 1.807) is 0 Å². The van der Waals surface area contributed by atoms with Crippen molar-refractivity contribution in [2.45, 2.75) is 39.7 Å². The molecular formula is C18H23N. The fourth-order valence-corrected chi connectivity index (χ4v) is 2.20. The maximum absolute atomic E-state index is 3.51. The fraction of sp³-hybridized carbons (Fsp3) is 0.333. The highest BCUT2D eigenvalue weighted by Crippen LogP contribution is 2.28. The lowest BCUT2D eigenvalue weighted by atomic mass is 9.96. The van der Waals surface area contributed by atoms with Crippen molar-refractivity contribution in [3.63, 3.8) is 0 Å². The Morgan fingerprint density at radius 1 is 0.789 bits per heavy atom. The van der Waals surface area contributed by atoms with Crippen LogP contribution in [0.25, 0.3) is 11.1 Å². The van der Waals surface area contributed by atoms with E-state index in [0.29, 0.717) is 12.0 Å². The van der Waals surface area contributed by atoms with E-state index in [4.69, 9.17) is 0 Å². The van der Waals surface area contributed by atoms with Gasteiger partial charge in [0.15, 0.2) is 0 Å². The first-order valence-electron chi connectivity index (χ1n) is 7.03. The van der Waals surface area contributed by atoms with Crippen LogP contribution in [-0.2, 0) is 0 Å². The van der Waals surface area contributed by atoms with E-state index in [1.165, 1.54) is 22.4 Å².